The molecule has 0 radical (unpaired) electrons. The predicted octanol–water partition coefficient (Wildman–Crippen LogP) is 9.87. The van der Waals surface area contributed by atoms with Gasteiger partial charge in [0.05, 0.1) is 14.2 Å². The number of piperidine rings is 3. The molecule has 356 valence electrons. The van der Waals surface area contributed by atoms with Gasteiger partial charge in [0.2, 0.25) is 11.8 Å². The van der Waals surface area contributed by atoms with Crippen molar-refractivity contribution >= 4 is 41.1 Å². The lowest BCUT2D eigenvalue weighted by Gasteiger charge is -2.35. The molecule has 3 aliphatic heterocycles. The normalized spacial score (nSPS) is 18.3. The molecule has 12 heteroatoms. The molecule has 3 saturated heterocycles. The zero-order chi connectivity index (χ0) is 46.9. The minimum Gasteiger partial charge on any atom is -0.453 e. The smallest absolute Gasteiger partial charge is 0.409 e. The van der Waals surface area contributed by atoms with Crippen molar-refractivity contribution in [2.45, 2.75) is 71.6 Å². The molecule has 3 atom stereocenters. The highest BCUT2D eigenvalue weighted by molar-refractivity contribution is 5.93. The number of carbonyl (C=O) groups is 4. The van der Waals surface area contributed by atoms with Crippen LogP contribution in [0.3, 0.4) is 0 Å². The highest BCUT2D eigenvalue weighted by atomic mass is 16.5. The second kappa shape index (κ2) is 28.2. The number of rotatable bonds is 14. The summed E-state index contributed by atoms with van der Waals surface area (Å²) in [5, 5.41) is 3.41. The van der Waals surface area contributed by atoms with Crippen LogP contribution in [0.1, 0.15) is 70.8 Å². The maximum absolute atomic E-state index is 12.5. The van der Waals surface area contributed by atoms with E-state index >= 15 is 0 Å². The first kappa shape index (κ1) is 51.1. The summed E-state index contributed by atoms with van der Waals surface area (Å²) in [6.45, 7) is 12.5. The van der Waals surface area contributed by atoms with Crippen molar-refractivity contribution in [1.82, 2.24) is 14.7 Å². The Bertz CT molecular complexity index is 2010. The van der Waals surface area contributed by atoms with Gasteiger partial charge in [-0.3, -0.25) is 9.59 Å². The first-order chi connectivity index (χ1) is 32.2. The van der Waals surface area contributed by atoms with E-state index in [4.69, 9.17) is 9.47 Å². The summed E-state index contributed by atoms with van der Waals surface area (Å²) in [4.78, 5) is 57.8. The van der Waals surface area contributed by atoms with E-state index in [1.807, 2.05) is 103 Å². The van der Waals surface area contributed by atoms with E-state index in [2.05, 4.69) is 52.7 Å². The zero-order valence-electron chi connectivity index (χ0n) is 39.9. The fourth-order valence-electron chi connectivity index (χ4n) is 9.11. The Hall–Kier alpha value is -5.88. The molecule has 12 nitrogen and oxygen atoms in total. The minimum absolute atomic E-state index is 0.112. The number of likely N-dealkylation sites (tertiary alicyclic amines) is 3. The number of amides is 4. The van der Waals surface area contributed by atoms with Crippen molar-refractivity contribution in [2.75, 3.05) is 94.8 Å². The lowest BCUT2D eigenvalue weighted by Crippen LogP contribution is -2.45. The third-order valence-corrected chi connectivity index (χ3v) is 12.7. The molecule has 3 aliphatic rings. The molecule has 66 heavy (non-hydrogen) atoms. The Labute approximate surface area is 394 Å². The molecule has 0 saturated carbocycles. The SMILES string of the molecule is CCC(=O)N(C[C@@H]1CCCN(C(=O)OC)C1)c1ccccc1.CCC(=O)N(C[C@@H]1CCCN(CCc2ccccc2)C1)c1ccccc1.COC(=O)N1CCC[C@@H](CNc2ccccc2)C1. The summed E-state index contributed by atoms with van der Waals surface area (Å²) in [5.41, 5.74) is 4.49. The van der Waals surface area contributed by atoms with Gasteiger partial charge in [-0.2, -0.15) is 0 Å². The lowest BCUT2D eigenvalue weighted by atomic mass is 9.96. The van der Waals surface area contributed by atoms with Gasteiger partial charge in [0.25, 0.3) is 0 Å². The van der Waals surface area contributed by atoms with E-state index in [1.165, 1.54) is 39.2 Å². The van der Waals surface area contributed by atoms with E-state index in [-0.39, 0.29) is 29.9 Å². The lowest BCUT2D eigenvalue weighted by molar-refractivity contribution is -0.119. The third kappa shape index (κ3) is 16.8. The van der Waals surface area contributed by atoms with E-state index in [0.29, 0.717) is 37.8 Å². The molecule has 3 heterocycles. The average Bonchev–Trinajstić information content (AvgIpc) is 3.39. The van der Waals surface area contributed by atoms with Gasteiger partial charge in [0.1, 0.15) is 0 Å². The van der Waals surface area contributed by atoms with Gasteiger partial charge in [0.15, 0.2) is 0 Å². The van der Waals surface area contributed by atoms with Crippen molar-refractivity contribution in [3.63, 3.8) is 0 Å². The zero-order valence-corrected chi connectivity index (χ0v) is 39.9. The fraction of sp³-hybridized carbons (Fsp3) is 0.481. The van der Waals surface area contributed by atoms with Gasteiger partial charge < -0.3 is 39.3 Å². The van der Waals surface area contributed by atoms with Crippen molar-refractivity contribution in [3.05, 3.63) is 127 Å². The van der Waals surface area contributed by atoms with Crippen LogP contribution in [0.15, 0.2) is 121 Å². The van der Waals surface area contributed by atoms with Crippen molar-refractivity contribution in [1.29, 1.82) is 0 Å². The monoisotopic (exact) mass is 903 g/mol. The fourth-order valence-corrected chi connectivity index (χ4v) is 9.11. The molecule has 4 amide bonds. The number of para-hydroxylation sites is 3. The van der Waals surface area contributed by atoms with Crippen LogP contribution in [-0.4, -0.2) is 118 Å². The Kier molecular flexibility index (Phi) is 21.9. The van der Waals surface area contributed by atoms with Gasteiger partial charge in [-0.25, -0.2) is 9.59 Å². The first-order valence-electron chi connectivity index (χ1n) is 24.1. The van der Waals surface area contributed by atoms with Crippen LogP contribution < -0.4 is 15.1 Å². The van der Waals surface area contributed by atoms with Crippen molar-refractivity contribution in [2.24, 2.45) is 17.8 Å². The topological polar surface area (TPSA) is 115 Å². The molecule has 4 aromatic carbocycles. The van der Waals surface area contributed by atoms with Gasteiger partial charge >= 0.3 is 12.2 Å². The number of hydrogen-bond acceptors (Lipinski definition) is 8. The molecule has 4 aromatic rings. The van der Waals surface area contributed by atoms with Crippen LogP contribution in [0.2, 0.25) is 0 Å². The molecule has 0 unspecified atom stereocenters. The molecule has 1 N–H and O–H groups in total. The summed E-state index contributed by atoms with van der Waals surface area (Å²) in [7, 11) is 2.84. The molecule has 0 spiro atoms. The maximum atomic E-state index is 12.5. The Morgan fingerprint density at radius 3 is 1.47 bits per heavy atom. The second-order valence-corrected chi connectivity index (χ2v) is 17.5. The molecule has 3 fully saturated rings. The summed E-state index contributed by atoms with van der Waals surface area (Å²) in [6.07, 6.45) is 8.26. The number of carbonyl (C=O) groups excluding carboxylic acids is 4. The van der Waals surface area contributed by atoms with E-state index in [9.17, 15) is 19.2 Å². The average molecular weight is 903 g/mol. The van der Waals surface area contributed by atoms with E-state index < -0.39 is 0 Å². The number of anilines is 3. The van der Waals surface area contributed by atoms with Crippen LogP contribution in [0.4, 0.5) is 26.7 Å². The van der Waals surface area contributed by atoms with Crippen LogP contribution >= 0.6 is 0 Å². The first-order valence-corrected chi connectivity index (χ1v) is 24.1. The maximum Gasteiger partial charge on any atom is 0.409 e. The summed E-state index contributed by atoms with van der Waals surface area (Å²) < 4.78 is 9.57. The number of nitrogens with one attached hydrogen (secondary N) is 1. The van der Waals surface area contributed by atoms with Gasteiger partial charge in [-0.1, -0.05) is 98.8 Å². The van der Waals surface area contributed by atoms with Crippen LogP contribution in [0.25, 0.3) is 0 Å². The van der Waals surface area contributed by atoms with E-state index in [1.54, 1.807) is 9.80 Å². The highest BCUT2D eigenvalue weighted by Crippen LogP contribution is 2.25. The summed E-state index contributed by atoms with van der Waals surface area (Å²) >= 11 is 0. The molecular formula is C54H74N6O6. The van der Waals surface area contributed by atoms with Gasteiger partial charge in [-0.05, 0) is 111 Å². The Morgan fingerprint density at radius 2 is 0.985 bits per heavy atom. The molecule has 7 rings (SSSR count). The third-order valence-electron chi connectivity index (χ3n) is 12.7. The molecule has 0 aromatic heterocycles. The summed E-state index contributed by atoms with van der Waals surface area (Å²) in [5.74, 6) is 1.66. The number of nitrogens with zero attached hydrogens (tertiary/aromatic N) is 5. The van der Waals surface area contributed by atoms with Crippen LogP contribution in [0, 0.1) is 17.8 Å². The van der Waals surface area contributed by atoms with Crippen molar-refractivity contribution in [3.8, 4) is 0 Å². The molecule has 0 bridgehead atoms. The predicted molar refractivity (Wildman–Crippen MR) is 266 cm³/mol. The van der Waals surface area contributed by atoms with Crippen LogP contribution in [0.5, 0.6) is 0 Å². The largest absolute Gasteiger partial charge is 0.453 e. The Balaban J connectivity index is 0.000000189. The second-order valence-electron chi connectivity index (χ2n) is 17.5. The quantitative estimate of drug-likeness (QED) is 0.133. The number of ether oxygens (including phenoxy) is 2. The number of benzene rings is 4. The number of methoxy groups -OCH3 is 2. The molecule has 0 aliphatic carbocycles. The van der Waals surface area contributed by atoms with Gasteiger partial charge in [-0.15, -0.1) is 0 Å². The minimum atomic E-state index is -0.280. The van der Waals surface area contributed by atoms with Crippen LogP contribution in [-0.2, 0) is 25.5 Å². The highest BCUT2D eigenvalue weighted by Gasteiger charge is 2.28. The molecular weight excluding hydrogens is 829 g/mol. The Morgan fingerprint density at radius 1 is 0.561 bits per heavy atom. The van der Waals surface area contributed by atoms with Crippen molar-refractivity contribution < 1.29 is 28.7 Å². The van der Waals surface area contributed by atoms with E-state index in [0.717, 1.165) is 95.0 Å². The standard InChI is InChI=1S/C23H30N2O.C17H24N2O3.C14H20N2O2/c1-2-23(26)25(22-13-7-4-8-14-22)19-21-12-9-16-24(18-21)17-15-20-10-5-3-6-11-20;1-3-16(20)19(15-9-5-4-6-10-15)13-14-8-7-11-18(12-14)17(21)22-2;1-18-14(17)16-9-5-6-12(11-16)10-15-13-7-3-2-4-8-13/h3-8,10-11,13-14,21H,2,9,12,15-19H2,1H3;4-6,9-10,14H,3,7-8,11-13H2,1-2H3;2-4,7-8,12,15H,5-6,9-11H2,1H3/t21-;14-;12-/m110/s1. The van der Waals surface area contributed by atoms with Gasteiger partial charge in [0, 0.05) is 88.8 Å². The summed E-state index contributed by atoms with van der Waals surface area (Å²) in [6, 6.07) is 40.7. The number of hydrogen-bond donors (Lipinski definition) is 1.